The van der Waals surface area contributed by atoms with Crippen LogP contribution in [-0.2, 0) is 0 Å². The van der Waals surface area contributed by atoms with Crippen molar-refractivity contribution in [3.63, 3.8) is 0 Å². The molecule has 0 atom stereocenters. The molecule has 0 radical (unpaired) electrons. The molecular formula is C14H31N5. The smallest absolute Gasteiger partial charge is 0.0926 e. The van der Waals surface area contributed by atoms with E-state index in [0.29, 0.717) is 17.3 Å². The third-order valence-electron chi connectivity index (χ3n) is 2.19. The molecule has 1 aliphatic rings. The van der Waals surface area contributed by atoms with Gasteiger partial charge in [-0.1, -0.05) is 0 Å². The normalized spacial score (nSPS) is 15.2. The second-order valence-corrected chi connectivity index (χ2v) is 5.23. The number of likely N-dealkylation sites (N-methyl/N-ethyl adjacent to an activating group) is 1. The number of nitrogens with one attached hydrogen (secondary N) is 3. The van der Waals surface area contributed by atoms with Crippen molar-refractivity contribution in [3.05, 3.63) is 0 Å². The minimum absolute atomic E-state index is 0.667. The van der Waals surface area contributed by atoms with Crippen molar-refractivity contribution in [3.8, 4) is 0 Å². The highest BCUT2D eigenvalue weighted by Gasteiger charge is 2.11. The Hall–Kier alpha value is -1.23. The lowest BCUT2D eigenvalue weighted by Gasteiger charge is -2.20. The highest BCUT2D eigenvalue weighted by atomic mass is 15.2. The predicted octanol–water partition coefficient (Wildman–Crippen LogP) is 2.71. The highest BCUT2D eigenvalue weighted by Crippen LogP contribution is 2.00. The predicted molar refractivity (Wildman–Crippen MR) is 85.2 cm³/mol. The molecule has 0 unspecified atom stereocenters. The molecule has 5 heteroatoms. The summed E-state index contributed by atoms with van der Waals surface area (Å²) in [6.07, 6.45) is 1.19. The maximum Gasteiger partial charge on any atom is 0.0926 e. The van der Waals surface area contributed by atoms with Gasteiger partial charge in [0, 0.05) is 31.1 Å². The molecule has 1 fully saturated rings. The maximum absolute atomic E-state index is 7.46. The van der Waals surface area contributed by atoms with Crippen LogP contribution in [0.25, 0.3) is 0 Å². The summed E-state index contributed by atoms with van der Waals surface area (Å²) in [6.45, 7) is 13.2. The fourth-order valence-electron chi connectivity index (χ4n) is 1.38. The van der Waals surface area contributed by atoms with Crippen LogP contribution >= 0.6 is 0 Å². The fourth-order valence-corrected chi connectivity index (χ4v) is 1.38. The van der Waals surface area contributed by atoms with Crippen molar-refractivity contribution in [2.45, 2.75) is 41.0 Å². The van der Waals surface area contributed by atoms with Gasteiger partial charge in [0.2, 0.25) is 0 Å². The second-order valence-electron chi connectivity index (χ2n) is 5.23. The molecule has 0 aromatic heterocycles. The van der Waals surface area contributed by atoms with Crippen LogP contribution in [0.1, 0.15) is 41.0 Å². The number of amidine groups is 1. The van der Waals surface area contributed by atoms with Gasteiger partial charge in [-0.3, -0.25) is 5.41 Å². The van der Waals surface area contributed by atoms with Crippen LogP contribution in [0.4, 0.5) is 0 Å². The standard InChI is InChI=1S/C8H17N3.2C3H7N/c1-8(9)11-5-3-4-10(2)6-7-11;2*1-3(2)4/h9H,3-7H2,1-2H3;2*4H,1-2H3. The zero-order valence-electron chi connectivity index (χ0n) is 13.4. The van der Waals surface area contributed by atoms with Gasteiger partial charge in [0.25, 0.3) is 0 Å². The zero-order valence-corrected chi connectivity index (χ0v) is 13.4. The minimum atomic E-state index is 0.667. The summed E-state index contributed by atoms with van der Waals surface area (Å²) in [6, 6.07) is 0. The van der Waals surface area contributed by atoms with Gasteiger partial charge in [-0.15, -0.1) is 0 Å². The Morgan fingerprint density at radius 3 is 1.53 bits per heavy atom. The molecule has 0 bridgehead atoms. The van der Waals surface area contributed by atoms with Crippen LogP contribution in [0.2, 0.25) is 0 Å². The second kappa shape index (κ2) is 11.8. The Balaban J connectivity index is 0. The van der Waals surface area contributed by atoms with Crippen LogP contribution in [0, 0.1) is 16.2 Å². The van der Waals surface area contributed by atoms with E-state index in [2.05, 4.69) is 16.8 Å². The molecular weight excluding hydrogens is 238 g/mol. The third-order valence-corrected chi connectivity index (χ3v) is 2.19. The number of hydrogen-bond donors (Lipinski definition) is 3. The van der Waals surface area contributed by atoms with E-state index in [4.69, 9.17) is 16.2 Å². The SMILES string of the molecule is CC(=N)N1CCCN(C)CC1.CC(C)=N.CC(C)=N. The largest absolute Gasteiger partial charge is 0.359 e. The molecule has 0 aliphatic carbocycles. The Kier molecular flexibility index (Phi) is 12.5. The van der Waals surface area contributed by atoms with Crippen molar-refractivity contribution in [2.24, 2.45) is 0 Å². The first-order valence-corrected chi connectivity index (χ1v) is 6.69. The lowest BCUT2D eigenvalue weighted by molar-refractivity contribution is 0.345. The van der Waals surface area contributed by atoms with E-state index in [9.17, 15) is 0 Å². The lowest BCUT2D eigenvalue weighted by atomic mass is 10.4. The summed E-state index contributed by atoms with van der Waals surface area (Å²) < 4.78 is 0. The molecule has 0 aromatic rings. The minimum Gasteiger partial charge on any atom is -0.359 e. The molecule has 5 nitrogen and oxygen atoms in total. The molecule has 1 heterocycles. The van der Waals surface area contributed by atoms with E-state index >= 15 is 0 Å². The average Bonchev–Trinajstić information content (AvgIpc) is 2.41. The number of rotatable bonds is 0. The van der Waals surface area contributed by atoms with Gasteiger partial charge in [0.05, 0.1) is 5.84 Å². The van der Waals surface area contributed by atoms with Gasteiger partial charge in [-0.25, -0.2) is 0 Å². The first-order chi connectivity index (χ1) is 8.66. The molecule has 0 amide bonds. The highest BCUT2D eigenvalue weighted by molar-refractivity contribution is 5.76. The van der Waals surface area contributed by atoms with Crippen LogP contribution in [-0.4, -0.2) is 60.3 Å². The average molecular weight is 269 g/mol. The quantitative estimate of drug-likeness (QED) is 0.467. The maximum atomic E-state index is 7.46. The summed E-state index contributed by atoms with van der Waals surface area (Å²) in [5.74, 6) is 0.709. The van der Waals surface area contributed by atoms with E-state index in [1.807, 2.05) is 6.92 Å². The van der Waals surface area contributed by atoms with Crippen LogP contribution in [0.3, 0.4) is 0 Å². The lowest BCUT2D eigenvalue weighted by Crippen LogP contribution is -2.32. The third kappa shape index (κ3) is 19.3. The van der Waals surface area contributed by atoms with Gasteiger partial charge >= 0.3 is 0 Å². The zero-order chi connectivity index (χ0) is 15.4. The van der Waals surface area contributed by atoms with Crippen molar-refractivity contribution >= 4 is 17.3 Å². The molecule has 1 aliphatic heterocycles. The van der Waals surface area contributed by atoms with Gasteiger partial charge in [0.1, 0.15) is 0 Å². The first kappa shape index (κ1) is 20.1. The molecule has 1 rings (SSSR count). The molecule has 0 aromatic carbocycles. The van der Waals surface area contributed by atoms with E-state index in [-0.39, 0.29) is 0 Å². The molecule has 19 heavy (non-hydrogen) atoms. The van der Waals surface area contributed by atoms with Gasteiger partial charge in [0.15, 0.2) is 0 Å². The number of hydrogen-bond acceptors (Lipinski definition) is 4. The summed E-state index contributed by atoms with van der Waals surface area (Å²) in [5, 5.41) is 20.5. The van der Waals surface area contributed by atoms with Crippen LogP contribution in [0.15, 0.2) is 0 Å². The van der Waals surface area contributed by atoms with E-state index in [1.54, 1.807) is 27.7 Å². The van der Waals surface area contributed by atoms with Gasteiger partial charge in [-0.2, -0.15) is 0 Å². The van der Waals surface area contributed by atoms with E-state index < -0.39 is 0 Å². The van der Waals surface area contributed by atoms with Crippen LogP contribution in [0.5, 0.6) is 0 Å². The summed E-state index contributed by atoms with van der Waals surface area (Å²) in [7, 11) is 2.14. The Morgan fingerprint density at radius 2 is 1.16 bits per heavy atom. The molecule has 112 valence electrons. The molecule has 0 saturated carbocycles. The van der Waals surface area contributed by atoms with Crippen molar-refractivity contribution < 1.29 is 0 Å². The monoisotopic (exact) mass is 269 g/mol. The Morgan fingerprint density at radius 1 is 0.737 bits per heavy atom. The summed E-state index contributed by atoms with van der Waals surface area (Å²) in [5.41, 5.74) is 1.33. The Bertz CT molecular complexity index is 266. The Labute approximate surface area is 118 Å². The van der Waals surface area contributed by atoms with Crippen molar-refractivity contribution in [2.75, 3.05) is 33.2 Å². The van der Waals surface area contributed by atoms with Crippen molar-refractivity contribution in [1.29, 1.82) is 16.2 Å². The van der Waals surface area contributed by atoms with Crippen LogP contribution < -0.4 is 0 Å². The molecule has 3 N–H and O–H groups in total. The first-order valence-electron chi connectivity index (χ1n) is 6.69. The molecule has 1 saturated heterocycles. The molecule has 0 spiro atoms. The summed E-state index contributed by atoms with van der Waals surface area (Å²) >= 11 is 0. The van der Waals surface area contributed by atoms with Gasteiger partial charge < -0.3 is 20.6 Å². The van der Waals surface area contributed by atoms with E-state index in [0.717, 1.165) is 19.6 Å². The number of nitrogens with zero attached hydrogens (tertiary/aromatic N) is 2. The summed E-state index contributed by atoms with van der Waals surface area (Å²) in [4.78, 5) is 4.46. The topological polar surface area (TPSA) is 78.0 Å². The van der Waals surface area contributed by atoms with E-state index in [1.165, 1.54) is 13.0 Å². The van der Waals surface area contributed by atoms with Crippen molar-refractivity contribution in [1.82, 2.24) is 9.80 Å². The fraction of sp³-hybridized carbons (Fsp3) is 0.786. The van der Waals surface area contributed by atoms with Gasteiger partial charge in [-0.05, 0) is 54.6 Å².